The molecule has 2 heterocycles. The number of nitrogens with zero attached hydrogens (tertiary/aromatic N) is 1. The van der Waals surface area contributed by atoms with Crippen LogP contribution in [0.15, 0.2) is 95.6 Å². The van der Waals surface area contributed by atoms with Crippen molar-refractivity contribution in [2.75, 3.05) is 19.7 Å². The lowest BCUT2D eigenvalue weighted by Crippen LogP contribution is -2.31. The fourth-order valence-electron chi connectivity index (χ4n) is 5.59. The number of aliphatic imine (C=N–C) groups is 1. The highest BCUT2D eigenvalue weighted by Crippen LogP contribution is 2.38. The molecule has 0 bridgehead atoms. The van der Waals surface area contributed by atoms with E-state index in [1.165, 1.54) is 12.1 Å². The predicted octanol–water partition coefficient (Wildman–Crippen LogP) is 6.09. The molecule has 0 spiro atoms. The van der Waals surface area contributed by atoms with Gasteiger partial charge in [-0.05, 0) is 74.0 Å². The number of aromatic hydroxyl groups is 1. The smallest absolute Gasteiger partial charge is 0.188 e. The average Bonchev–Trinajstić information content (AvgIpc) is 3.22. The molecule has 2 aliphatic heterocycles. The van der Waals surface area contributed by atoms with Crippen LogP contribution in [-0.2, 0) is 10.3 Å². The average molecular weight is 545 g/mol. The van der Waals surface area contributed by atoms with Crippen molar-refractivity contribution in [3.8, 4) is 11.5 Å². The lowest BCUT2D eigenvalue weighted by Gasteiger charge is -2.32. The molecular weight excluding hydrogens is 507 g/mol. The normalized spacial score (nSPS) is 19.6. The molecule has 210 valence electrons. The topological polar surface area (TPSA) is 83.3 Å². The Hall–Kier alpha value is -3.68. The third-order valence-electron chi connectivity index (χ3n) is 7.77. The van der Waals surface area contributed by atoms with Crippen molar-refractivity contribution < 1.29 is 24.1 Å². The number of phenols is 1. The summed E-state index contributed by atoms with van der Waals surface area (Å²) in [5, 5.41) is 25.2. The molecule has 0 aliphatic carbocycles. The van der Waals surface area contributed by atoms with Gasteiger partial charge in [-0.1, -0.05) is 67.1 Å². The highest BCUT2D eigenvalue weighted by Gasteiger charge is 2.37. The van der Waals surface area contributed by atoms with Gasteiger partial charge in [0.1, 0.15) is 18.5 Å². The Labute approximate surface area is 235 Å². The number of phenolic OH excluding ortho intramolecular Hbond substituents is 1. The van der Waals surface area contributed by atoms with E-state index in [9.17, 15) is 14.6 Å². The summed E-state index contributed by atoms with van der Waals surface area (Å²) < 4.78 is 25.6. The predicted molar refractivity (Wildman–Crippen MR) is 154 cm³/mol. The van der Waals surface area contributed by atoms with Crippen LogP contribution < -0.4 is 10.1 Å². The molecule has 6 nitrogen and oxygen atoms in total. The van der Waals surface area contributed by atoms with Crippen molar-refractivity contribution in [3.05, 3.63) is 108 Å². The maximum atomic E-state index is 13.5. The van der Waals surface area contributed by atoms with Gasteiger partial charge in [-0.3, -0.25) is 0 Å². The number of hydrogen-bond acceptors (Lipinski definition) is 6. The van der Waals surface area contributed by atoms with Gasteiger partial charge in [0.25, 0.3) is 0 Å². The molecule has 0 radical (unpaired) electrons. The first-order chi connectivity index (χ1) is 19.5. The zero-order valence-electron chi connectivity index (χ0n) is 22.6. The minimum absolute atomic E-state index is 0.00980. The van der Waals surface area contributed by atoms with Gasteiger partial charge in [0, 0.05) is 12.5 Å². The fourth-order valence-corrected chi connectivity index (χ4v) is 5.59. The SMILES string of the molecule is Oc1cc(OC2CCNCCC2CCCCC2=NC(C(O)(c3ccccc3)c3ccccc3)=CCO2)ccc1F. The van der Waals surface area contributed by atoms with Crippen molar-refractivity contribution in [1.82, 2.24) is 5.32 Å². The maximum Gasteiger partial charge on any atom is 0.188 e. The molecule has 2 unspecified atom stereocenters. The molecule has 3 N–H and O–H groups in total. The van der Waals surface area contributed by atoms with E-state index in [1.807, 2.05) is 66.7 Å². The molecule has 5 rings (SSSR count). The molecule has 40 heavy (non-hydrogen) atoms. The number of rotatable bonds is 10. The zero-order valence-corrected chi connectivity index (χ0v) is 22.6. The largest absolute Gasteiger partial charge is 0.505 e. The Morgan fingerprint density at radius 2 is 1.65 bits per heavy atom. The van der Waals surface area contributed by atoms with Gasteiger partial charge in [-0.15, -0.1) is 0 Å². The molecular formula is C33H37FN2O4. The fraction of sp³-hybridized carbons (Fsp3) is 0.364. The second kappa shape index (κ2) is 13.1. The number of benzene rings is 3. The summed E-state index contributed by atoms with van der Waals surface area (Å²) >= 11 is 0. The van der Waals surface area contributed by atoms with Crippen LogP contribution in [0.5, 0.6) is 11.5 Å². The van der Waals surface area contributed by atoms with Gasteiger partial charge in [0.05, 0.1) is 5.70 Å². The van der Waals surface area contributed by atoms with Gasteiger partial charge >= 0.3 is 0 Å². The quantitative estimate of drug-likeness (QED) is 0.269. The van der Waals surface area contributed by atoms with E-state index in [2.05, 4.69) is 5.32 Å². The monoisotopic (exact) mass is 544 g/mol. The Morgan fingerprint density at radius 1 is 0.950 bits per heavy atom. The highest BCUT2D eigenvalue weighted by molar-refractivity contribution is 5.78. The number of nitrogens with one attached hydrogen (secondary N) is 1. The van der Waals surface area contributed by atoms with Crippen LogP contribution >= 0.6 is 0 Å². The first kappa shape index (κ1) is 27.9. The van der Waals surface area contributed by atoms with Gasteiger partial charge in [-0.25, -0.2) is 9.38 Å². The van der Waals surface area contributed by atoms with Gasteiger partial charge in [0.15, 0.2) is 23.1 Å². The number of hydrogen-bond donors (Lipinski definition) is 3. The Kier molecular flexibility index (Phi) is 9.14. The molecule has 7 heteroatoms. The van der Waals surface area contributed by atoms with E-state index in [0.29, 0.717) is 36.3 Å². The molecule has 0 amide bonds. The summed E-state index contributed by atoms with van der Waals surface area (Å²) in [4.78, 5) is 4.81. The van der Waals surface area contributed by atoms with E-state index in [4.69, 9.17) is 14.5 Å². The van der Waals surface area contributed by atoms with Crippen LogP contribution in [0.25, 0.3) is 0 Å². The molecule has 2 aliphatic rings. The van der Waals surface area contributed by atoms with Crippen molar-refractivity contribution in [3.63, 3.8) is 0 Å². The van der Waals surface area contributed by atoms with E-state index in [-0.39, 0.29) is 6.10 Å². The number of halogens is 1. The second-order valence-corrected chi connectivity index (χ2v) is 10.5. The lowest BCUT2D eigenvalue weighted by atomic mass is 9.83. The summed E-state index contributed by atoms with van der Waals surface area (Å²) in [7, 11) is 0. The summed E-state index contributed by atoms with van der Waals surface area (Å²) in [6, 6.07) is 23.4. The second-order valence-electron chi connectivity index (χ2n) is 10.5. The first-order valence-corrected chi connectivity index (χ1v) is 14.1. The van der Waals surface area contributed by atoms with Crippen LogP contribution in [0.1, 0.15) is 49.7 Å². The third kappa shape index (κ3) is 6.54. The number of aliphatic hydroxyl groups is 1. The molecule has 2 atom stereocenters. The minimum atomic E-state index is -1.37. The van der Waals surface area contributed by atoms with E-state index < -0.39 is 17.2 Å². The number of unbranched alkanes of at least 4 members (excludes halogenated alkanes) is 1. The van der Waals surface area contributed by atoms with Crippen LogP contribution in [0, 0.1) is 11.7 Å². The number of ether oxygens (including phenoxy) is 2. The van der Waals surface area contributed by atoms with Crippen LogP contribution in [0.4, 0.5) is 4.39 Å². The summed E-state index contributed by atoms with van der Waals surface area (Å²) in [5.41, 5.74) is 0.737. The third-order valence-corrected chi connectivity index (χ3v) is 7.77. The van der Waals surface area contributed by atoms with E-state index in [0.717, 1.165) is 56.3 Å². The highest BCUT2D eigenvalue weighted by atomic mass is 19.1. The Bertz CT molecular complexity index is 1270. The van der Waals surface area contributed by atoms with Gasteiger partial charge < -0.3 is 25.0 Å². The molecule has 0 aromatic heterocycles. The molecule has 3 aromatic rings. The van der Waals surface area contributed by atoms with E-state index >= 15 is 0 Å². The molecule has 0 saturated carbocycles. The van der Waals surface area contributed by atoms with Crippen molar-refractivity contribution >= 4 is 5.90 Å². The lowest BCUT2D eigenvalue weighted by molar-refractivity contribution is 0.116. The first-order valence-electron chi connectivity index (χ1n) is 14.1. The maximum absolute atomic E-state index is 13.5. The molecule has 3 aromatic carbocycles. The summed E-state index contributed by atoms with van der Waals surface area (Å²) in [5.74, 6) is 0.426. The van der Waals surface area contributed by atoms with Crippen LogP contribution in [0.3, 0.4) is 0 Å². The Morgan fingerprint density at radius 3 is 2.35 bits per heavy atom. The van der Waals surface area contributed by atoms with Gasteiger partial charge in [-0.2, -0.15) is 0 Å². The Balaban J connectivity index is 1.22. The van der Waals surface area contributed by atoms with Crippen LogP contribution in [-0.4, -0.2) is 41.9 Å². The molecule has 1 saturated heterocycles. The van der Waals surface area contributed by atoms with Gasteiger partial charge in [0.2, 0.25) is 0 Å². The molecule has 1 fully saturated rings. The zero-order chi connectivity index (χ0) is 27.8. The van der Waals surface area contributed by atoms with E-state index in [1.54, 1.807) is 6.07 Å². The minimum Gasteiger partial charge on any atom is -0.505 e. The van der Waals surface area contributed by atoms with Crippen molar-refractivity contribution in [2.45, 2.75) is 50.2 Å². The van der Waals surface area contributed by atoms with Crippen molar-refractivity contribution in [1.29, 1.82) is 0 Å². The van der Waals surface area contributed by atoms with Crippen molar-refractivity contribution in [2.24, 2.45) is 10.9 Å². The summed E-state index contributed by atoms with van der Waals surface area (Å²) in [6.45, 7) is 2.16. The standard InChI is InChI=1S/C33H37FN2O4/c34-28-16-15-27(23-29(28)37)40-30-18-21-35-20-17-24(30)9-7-8-14-32-36-31(19-22-39-32)33(38,25-10-3-1-4-11-25)26-12-5-2-6-13-26/h1-6,10-13,15-16,19,23-24,30,35,37-38H,7-9,14,17-18,20-22H2. The summed E-state index contributed by atoms with van der Waals surface area (Å²) in [6.07, 6.45) is 7.22. The van der Waals surface area contributed by atoms with Crippen LogP contribution in [0.2, 0.25) is 0 Å².